The van der Waals surface area contributed by atoms with Crippen molar-refractivity contribution in [3.05, 3.63) is 48.2 Å². The summed E-state index contributed by atoms with van der Waals surface area (Å²) in [5.41, 5.74) is 2.46. The van der Waals surface area contributed by atoms with Gasteiger partial charge in [-0.15, -0.1) is 0 Å². The first-order chi connectivity index (χ1) is 13.7. The van der Waals surface area contributed by atoms with Crippen molar-refractivity contribution in [2.45, 2.75) is 37.9 Å². The second-order valence-corrected chi connectivity index (χ2v) is 8.35. The van der Waals surface area contributed by atoms with E-state index in [0.29, 0.717) is 12.1 Å². The van der Waals surface area contributed by atoms with Crippen LogP contribution in [0.5, 0.6) is 0 Å². The van der Waals surface area contributed by atoms with E-state index >= 15 is 0 Å². The van der Waals surface area contributed by atoms with E-state index in [9.17, 15) is 5.11 Å². The fourth-order valence-corrected chi connectivity index (χ4v) is 4.77. The van der Waals surface area contributed by atoms with Gasteiger partial charge in [0.05, 0.1) is 6.26 Å². The Hall–Kier alpha value is -1.66. The van der Waals surface area contributed by atoms with Crippen LogP contribution in [-0.2, 0) is 6.54 Å². The van der Waals surface area contributed by atoms with Crippen LogP contribution < -0.4 is 0 Å². The van der Waals surface area contributed by atoms with Crippen LogP contribution in [-0.4, -0.2) is 78.3 Å². The first-order valence-corrected chi connectivity index (χ1v) is 10.6. The molecule has 3 heterocycles. The Labute approximate surface area is 168 Å². The molecule has 1 aromatic carbocycles. The number of aliphatic hydroxyl groups excluding tert-OH is 1. The maximum Gasteiger partial charge on any atom is 0.133 e. The third kappa shape index (κ3) is 4.66. The molecular formula is C23H33N3O2. The molecule has 2 aliphatic heterocycles. The number of furan rings is 1. The minimum atomic E-state index is 0.277. The number of rotatable bonds is 6. The number of piperidine rings is 1. The van der Waals surface area contributed by atoms with Gasteiger partial charge in [0.25, 0.3) is 0 Å². The lowest BCUT2D eigenvalue weighted by Crippen LogP contribution is -2.58. The van der Waals surface area contributed by atoms with Crippen molar-refractivity contribution < 1.29 is 9.52 Å². The molecule has 0 bridgehead atoms. The Morgan fingerprint density at radius 3 is 2.50 bits per heavy atom. The van der Waals surface area contributed by atoms with Gasteiger partial charge < -0.3 is 14.4 Å². The molecule has 0 radical (unpaired) electrons. The third-order valence-corrected chi connectivity index (χ3v) is 6.40. The lowest BCUT2D eigenvalue weighted by molar-refractivity contribution is 0.00600. The summed E-state index contributed by atoms with van der Waals surface area (Å²) in [6.07, 6.45) is 5.11. The monoisotopic (exact) mass is 383 g/mol. The molecule has 28 heavy (non-hydrogen) atoms. The number of hydrogen-bond acceptors (Lipinski definition) is 5. The predicted molar refractivity (Wildman–Crippen MR) is 112 cm³/mol. The summed E-state index contributed by atoms with van der Waals surface area (Å²) in [5, 5.41) is 9.61. The molecule has 152 valence electrons. The Balaban J connectivity index is 1.36. The van der Waals surface area contributed by atoms with Crippen LogP contribution in [0.1, 0.15) is 24.8 Å². The molecule has 0 unspecified atom stereocenters. The van der Waals surface area contributed by atoms with Gasteiger partial charge in [-0.05, 0) is 57.1 Å². The largest absolute Gasteiger partial charge is 0.464 e. The Bertz CT molecular complexity index is 708. The zero-order chi connectivity index (χ0) is 19.3. The molecule has 1 aromatic heterocycles. The third-order valence-electron chi connectivity index (χ3n) is 6.40. The maximum atomic E-state index is 9.61. The standard InChI is InChI=1S/C23H33N3O2/c1-24-11-8-21(9-12-24)26-14-13-25(18-22(26)10-15-27)17-19-4-6-20(7-5-19)23-3-2-16-28-23/h2-7,16,21-22,27H,8-15,17-18H2,1H3/t22-/m0/s1. The Kier molecular flexibility index (Phi) is 6.47. The van der Waals surface area contributed by atoms with Crippen molar-refractivity contribution in [2.24, 2.45) is 0 Å². The van der Waals surface area contributed by atoms with Crippen LogP contribution in [0.15, 0.2) is 47.1 Å². The first-order valence-electron chi connectivity index (χ1n) is 10.6. The van der Waals surface area contributed by atoms with Gasteiger partial charge in [-0.2, -0.15) is 0 Å². The molecule has 2 saturated heterocycles. The molecule has 0 amide bonds. The van der Waals surface area contributed by atoms with E-state index in [0.717, 1.165) is 43.9 Å². The van der Waals surface area contributed by atoms with Gasteiger partial charge in [-0.25, -0.2) is 0 Å². The summed E-state index contributed by atoms with van der Waals surface area (Å²) in [5.74, 6) is 0.918. The quantitative estimate of drug-likeness (QED) is 0.831. The SMILES string of the molecule is CN1CCC(N2CCN(Cc3ccc(-c4ccco4)cc3)C[C@@H]2CCO)CC1. The van der Waals surface area contributed by atoms with Gasteiger partial charge >= 0.3 is 0 Å². The number of nitrogens with zero attached hydrogens (tertiary/aromatic N) is 3. The van der Waals surface area contributed by atoms with E-state index in [2.05, 4.69) is 46.0 Å². The van der Waals surface area contributed by atoms with Crippen molar-refractivity contribution in [2.75, 3.05) is 46.4 Å². The van der Waals surface area contributed by atoms with Gasteiger partial charge in [0, 0.05) is 50.4 Å². The van der Waals surface area contributed by atoms with Crippen LogP contribution in [0, 0.1) is 0 Å². The normalized spacial score (nSPS) is 23.3. The number of aliphatic hydroxyl groups is 1. The zero-order valence-corrected chi connectivity index (χ0v) is 17.0. The van der Waals surface area contributed by atoms with E-state index in [1.54, 1.807) is 6.26 Å². The summed E-state index contributed by atoms with van der Waals surface area (Å²) in [6.45, 7) is 6.91. The van der Waals surface area contributed by atoms with Crippen LogP contribution in [0.25, 0.3) is 11.3 Å². The van der Waals surface area contributed by atoms with Gasteiger partial charge in [-0.1, -0.05) is 24.3 Å². The molecule has 2 fully saturated rings. The maximum absolute atomic E-state index is 9.61. The fraction of sp³-hybridized carbons (Fsp3) is 0.565. The van der Waals surface area contributed by atoms with E-state index in [1.165, 1.54) is 31.5 Å². The minimum Gasteiger partial charge on any atom is -0.464 e. The molecule has 2 aromatic rings. The van der Waals surface area contributed by atoms with Gasteiger partial charge in [-0.3, -0.25) is 9.80 Å². The van der Waals surface area contributed by atoms with Crippen molar-refractivity contribution in [1.82, 2.24) is 14.7 Å². The lowest BCUT2D eigenvalue weighted by atomic mass is 9.98. The van der Waals surface area contributed by atoms with Crippen LogP contribution in [0.2, 0.25) is 0 Å². The summed E-state index contributed by atoms with van der Waals surface area (Å²) in [7, 11) is 2.22. The molecule has 5 nitrogen and oxygen atoms in total. The topological polar surface area (TPSA) is 43.1 Å². The molecule has 0 saturated carbocycles. The van der Waals surface area contributed by atoms with Gasteiger partial charge in [0.1, 0.15) is 5.76 Å². The fourth-order valence-electron chi connectivity index (χ4n) is 4.77. The van der Waals surface area contributed by atoms with Gasteiger partial charge in [0.2, 0.25) is 0 Å². The molecule has 1 atom stereocenters. The van der Waals surface area contributed by atoms with Crippen molar-refractivity contribution in [1.29, 1.82) is 0 Å². The van der Waals surface area contributed by atoms with Crippen molar-refractivity contribution >= 4 is 0 Å². The number of likely N-dealkylation sites (tertiary alicyclic amines) is 1. The lowest BCUT2D eigenvalue weighted by Gasteiger charge is -2.47. The highest BCUT2D eigenvalue weighted by Crippen LogP contribution is 2.25. The second-order valence-electron chi connectivity index (χ2n) is 8.35. The van der Waals surface area contributed by atoms with E-state index in [4.69, 9.17) is 4.42 Å². The highest BCUT2D eigenvalue weighted by molar-refractivity contribution is 5.57. The predicted octanol–water partition coefficient (Wildman–Crippen LogP) is 2.91. The zero-order valence-electron chi connectivity index (χ0n) is 17.0. The average Bonchev–Trinajstić information content (AvgIpc) is 3.25. The van der Waals surface area contributed by atoms with Gasteiger partial charge in [0.15, 0.2) is 0 Å². The Morgan fingerprint density at radius 1 is 1.04 bits per heavy atom. The second kappa shape index (κ2) is 9.23. The summed E-state index contributed by atoms with van der Waals surface area (Å²) in [4.78, 5) is 7.67. The van der Waals surface area contributed by atoms with Crippen LogP contribution >= 0.6 is 0 Å². The highest BCUT2D eigenvalue weighted by atomic mass is 16.3. The number of piperazine rings is 1. The van der Waals surface area contributed by atoms with Crippen LogP contribution in [0.3, 0.4) is 0 Å². The van der Waals surface area contributed by atoms with Crippen molar-refractivity contribution in [3.8, 4) is 11.3 Å². The first kappa shape index (κ1) is 19.6. The highest BCUT2D eigenvalue weighted by Gasteiger charge is 2.32. The van der Waals surface area contributed by atoms with E-state index in [1.807, 2.05) is 12.1 Å². The number of hydrogen-bond donors (Lipinski definition) is 1. The summed E-state index contributed by atoms with van der Waals surface area (Å²) >= 11 is 0. The molecule has 0 aliphatic carbocycles. The molecule has 2 aliphatic rings. The molecular weight excluding hydrogens is 350 g/mol. The summed E-state index contributed by atoms with van der Waals surface area (Å²) in [6, 6.07) is 13.8. The number of benzene rings is 1. The van der Waals surface area contributed by atoms with E-state index in [-0.39, 0.29) is 6.61 Å². The van der Waals surface area contributed by atoms with Crippen molar-refractivity contribution in [3.63, 3.8) is 0 Å². The Morgan fingerprint density at radius 2 is 1.82 bits per heavy atom. The smallest absolute Gasteiger partial charge is 0.133 e. The van der Waals surface area contributed by atoms with Crippen LogP contribution in [0.4, 0.5) is 0 Å². The molecule has 4 rings (SSSR count). The van der Waals surface area contributed by atoms with E-state index < -0.39 is 0 Å². The molecule has 1 N–H and O–H groups in total. The molecule has 5 heteroatoms. The molecule has 0 spiro atoms. The summed E-state index contributed by atoms with van der Waals surface area (Å²) < 4.78 is 5.48. The minimum absolute atomic E-state index is 0.277. The average molecular weight is 384 g/mol.